The molecule has 1 saturated heterocycles. The Bertz CT molecular complexity index is 986. The molecule has 0 radical (unpaired) electrons. The fourth-order valence-electron chi connectivity index (χ4n) is 3.17. The van der Waals surface area contributed by atoms with Crippen LogP contribution in [0, 0.1) is 18.6 Å². The van der Waals surface area contributed by atoms with Crippen molar-refractivity contribution in [2.24, 2.45) is 0 Å². The first-order valence-electron chi connectivity index (χ1n) is 8.17. The fourth-order valence-corrected chi connectivity index (χ4v) is 3.17. The van der Waals surface area contributed by atoms with Crippen LogP contribution in [0.5, 0.6) is 0 Å². The first kappa shape index (κ1) is 16.4. The van der Waals surface area contributed by atoms with E-state index in [-0.39, 0.29) is 30.0 Å². The van der Waals surface area contributed by atoms with Crippen LogP contribution < -0.4 is 4.90 Å². The van der Waals surface area contributed by atoms with Gasteiger partial charge in [-0.05, 0) is 48.9 Å². The van der Waals surface area contributed by atoms with Gasteiger partial charge in [0.05, 0.1) is 0 Å². The van der Waals surface area contributed by atoms with Crippen molar-refractivity contribution in [2.75, 3.05) is 11.4 Å². The molecule has 0 spiro atoms. The van der Waals surface area contributed by atoms with Crippen molar-refractivity contribution in [1.82, 2.24) is 10.1 Å². The van der Waals surface area contributed by atoms with Gasteiger partial charge in [0.25, 0.3) is 5.89 Å². The predicted molar refractivity (Wildman–Crippen MR) is 90.5 cm³/mol. The van der Waals surface area contributed by atoms with Gasteiger partial charge in [-0.25, -0.2) is 8.78 Å². The summed E-state index contributed by atoms with van der Waals surface area (Å²) in [6.07, 6.45) is 0.235. The number of nitrogens with zero attached hydrogens (tertiary/aromatic N) is 3. The SMILES string of the molecule is Cc1cc(F)ccc1N1CC(c2noc(-c3cccc(F)c3)n2)CC1=O. The summed E-state index contributed by atoms with van der Waals surface area (Å²) in [5.41, 5.74) is 1.85. The summed E-state index contributed by atoms with van der Waals surface area (Å²) in [5, 5.41) is 3.96. The molecule has 0 aliphatic carbocycles. The van der Waals surface area contributed by atoms with E-state index < -0.39 is 5.82 Å². The summed E-state index contributed by atoms with van der Waals surface area (Å²) in [6, 6.07) is 10.2. The standard InChI is InChI=1S/C19H15F2N3O2/c1-11-7-15(21)5-6-16(11)24-10-13(9-17(24)25)18-22-19(26-23-18)12-3-2-4-14(20)8-12/h2-8,13H,9-10H2,1H3. The second-order valence-corrected chi connectivity index (χ2v) is 6.30. The van der Waals surface area contributed by atoms with Gasteiger partial charge in [-0.1, -0.05) is 11.2 Å². The molecule has 26 heavy (non-hydrogen) atoms. The minimum absolute atomic E-state index is 0.0817. The molecular weight excluding hydrogens is 340 g/mol. The Labute approximate surface area is 148 Å². The monoisotopic (exact) mass is 355 g/mol. The minimum atomic E-state index is -0.392. The Morgan fingerprint density at radius 3 is 2.73 bits per heavy atom. The predicted octanol–water partition coefficient (Wildman–Crippen LogP) is 3.84. The number of hydrogen-bond acceptors (Lipinski definition) is 4. The molecule has 0 N–H and O–H groups in total. The largest absolute Gasteiger partial charge is 0.334 e. The summed E-state index contributed by atoms with van der Waals surface area (Å²) in [6.45, 7) is 2.14. The molecule has 1 aromatic heterocycles. The lowest BCUT2D eigenvalue weighted by atomic mass is 10.1. The Morgan fingerprint density at radius 1 is 1.15 bits per heavy atom. The van der Waals surface area contributed by atoms with Crippen molar-refractivity contribution >= 4 is 11.6 Å². The normalized spacial score (nSPS) is 17.1. The Hall–Kier alpha value is -3.09. The third kappa shape index (κ3) is 2.96. The summed E-state index contributed by atoms with van der Waals surface area (Å²) in [5.74, 6) is -0.438. The molecule has 1 aliphatic heterocycles. The van der Waals surface area contributed by atoms with Gasteiger partial charge in [-0.2, -0.15) is 4.98 Å². The van der Waals surface area contributed by atoms with Crippen LogP contribution in [0.1, 0.15) is 23.7 Å². The van der Waals surface area contributed by atoms with Gasteiger partial charge < -0.3 is 9.42 Å². The van der Waals surface area contributed by atoms with E-state index in [4.69, 9.17) is 4.52 Å². The van der Waals surface area contributed by atoms with E-state index >= 15 is 0 Å². The summed E-state index contributed by atoms with van der Waals surface area (Å²) < 4.78 is 31.9. The molecule has 1 amide bonds. The fraction of sp³-hybridized carbons (Fsp3) is 0.211. The highest BCUT2D eigenvalue weighted by atomic mass is 19.1. The lowest BCUT2D eigenvalue weighted by Gasteiger charge is -2.18. The van der Waals surface area contributed by atoms with Crippen LogP contribution >= 0.6 is 0 Å². The van der Waals surface area contributed by atoms with Gasteiger partial charge in [0, 0.05) is 30.1 Å². The van der Waals surface area contributed by atoms with E-state index in [9.17, 15) is 13.6 Å². The highest BCUT2D eigenvalue weighted by Crippen LogP contribution is 2.33. The third-order valence-corrected chi connectivity index (χ3v) is 4.45. The van der Waals surface area contributed by atoms with Crippen molar-refractivity contribution in [3.05, 3.63) is 65.5 Å². The maximum atomic E-state index is 13.3. The Kier molecular flexibility index (Phi) is 3.99. The van der Waals surface area contributed by atoms with Gasteiger partial charge in [0.1, 0.15) is 11.6 Å². The summed E-state index contributed by atoms with van der Waals surface area (Å²) in [4.78, 5) is 18.3. The number of halogens is 2. The summed E-state index contributed by atoms with van der Waals surface area (Å²) in [7, 11) is 0. The zero-order valence-electron chi connectivity index (χ0n) is 13.9. The number of aryl methyl sites for hydroxylation is 1. The van der Waals surface area contributed by atoms with E-state index in [1.165, 1.54) is 24.3 Å². The third-order valence-electron chi connectivity index (χ3n) is 4.45. The summed E-state index contributed by atoms with van der Waals surface area (Å²) >= 11 is 0. The van der Waals surface area contributed by atoms with Gasteiger partial charge in [0.15, 0.2) is 5.82 Å². The zero-order valence-corrected chi connectivity index (χ0v) is 13.9. The lowest BCUT2D eigenvalue weighted by molar-refractivity contribution is -0.117. The zero-order chi connectivity index (χ0) is 18.3. The molecule has 7 heteroatoms. The van der Waals surface area contributed by atoms with Crippen molar-refractivity contribution in [1.29, 1.82) is 0 Å². The van der Waals surface area contributed by atoms with Gasteiger partial charge in [-0.3, -0.25) is 4.79 Å². The van der Waals surface area contributed by atoms with E-state index in [1.807, 2.05) is 0 Å². The molecule has 0 saturated carbocycles. The van der Waals surface area contributed by atoms with E-state index in [1.54, 1.807) is 30.0 Å². The molecule has 4 rings (SSSR count). The van der Waals surface area contributed by atoms with Crippen LogP contribution in [0.15, 0.2) is 47.0 Å². The second-order valence-electron chi connectivity index (χ2n) is 6.30. The Balaban J connectivity index is 1.58. The van der Waals surface area contributed by atoms with Crippen molar-refractivity contribution < 1.29 is 18.1 Å². The highest BCUT2D eigenvalue weighted by Gasteiger charge is 2.35. The first-order valence-corrected chi connectivity index (χ1v) is 8.17. The van der Waals surface area contributed by atoms with E-state index in [0.717, 1.165) is 0 Å². The lowest BCUT2D eigenvalue weighted by Crippen LogP contribution is -2.25. The number of benzene rings is 2. The molecule has 0 bridgehead atoms. The quantitative estimate of drug-likeness (QED) is 0.716. The number of hydrogen-bond donors (Lipinski definition) is 0. The highest BCUT2D eigenvalue weighted by molar-refractivity contribution is 5.97. The average molecular weight is 355 g/mol. The van der Waals surface area contributed by atoms with E-state index in [2.05, 4.69) is 10.1 Å². The molecule has 2 heterocycles. The molecule has 132 valence electrons. The van der Waals surface area contributed by atoms with Crippen molar-refractivity contribution in [2.45, 2.75) is 19.3 Å². The van der Waals surface area contributed by atoms with Crippen LogP contribution in [-0.2, 0) is 4.79 Å². The number of carbonyl (C=O) groups is 1. The topological polar surface area (TPSA) is 59.2 Å². The number of carbonyl (C=O) groups excluding carboxylic acids is 1. The number of aromatic nitrogens is 2. The van der Waals surface area contributed by atoms with Crippen LogP contribution in [-0.4, -0.2) is 22.6 Å². The molecule has 1 fully saturated rings. The maximum Gasteiger partial charge on any atom is 0.258 e. The first-order chi connectivity index (χ1) is 12.5. The van der Waals surface area contributed by atoms with Gasteiger partial charge in [0.2, 0.25) is 5.91 Å². The van der Waals surface area contributed by atoms with Gasteiger partial charge in [-0.15, -0.1) is 0 Å². The van der Waals surface area contributed by atoms with Crippen molar-refractivity contribution in [3.8, 4) is 11.5 Å². The molecule has 3 aromatic rings. The maximum absolute atomic E-state index is 13.3. The number of anilines is 1. The molecule has 2 aromatic carbocycles. The molecular formula is C19H15F2N3O2. The van der Waals surface area contributed by atoms with E-state index in [0.29, 0.717) is 29.2 Å². The molecule has 1 aliphatic rings. The Morgan fingerprint density at radius 2 is 1.96 bits per heavy atom. The minimum Gasteiger partial charge on any atom is -0.334 e. The smallest absolute Gasteiger partial charge is 0.258 e. The number of rotatable bonds is 3. The van der Waals surface area contributed by atoms with Crippen LogP contribution in [0.4, 0.5) is 14.5 Å². The average Bonchev–Trinajstić information content (AvgIpc) is 3.22. The molecule has 1 atom stereocenters. The van der Waals surface area contributed by atoms with Crippen molar-refractivity contribution in [3.63, 3.8) is 0 Å². The number of amides is 1. The van der Waals surface area contributed by atoms with Crippen LogP contribution in [0.3, 0.4) is 0 Å². The second kappa shape index (κ2) is 6.33. The molecule has 5 nitrogen and oxygen atoms in total. The van der Waals surface area contributed by atoms with Gasteiger partial charge >= 0.3 is 0 Å². The van der Waals surface area contributed by atoms with Crippen LogP contribution in [0.2, 0.25) is 0 Å². The molecule has 1 unspecified atom stereocenters. The van der Waals surface area contributed by atoms with Crippen LogP contribution in [0.25, 0.3) is 11.5 Å².